The van der Waals surface area contributed by atoms with E-state index in [1.165, 1.54) is 30.7 Å². The summed E-state index contributed by atoms with van der Waals surface area (Å²) in [4.78, 5) is 18.5. The zero-order chi connectivity index (χ0) is 16.8. The highest BCUT2D eigenvalue weighted by Gasteiger charge is 2.28. The fourth-order valence-corrected chi connectivity index (χ4v) is 4.14. The molecular weight excluding hydrogens is 314 g/mol. The van der Waals surface area contributed by atoms with E-state index < -0.39 is 0 Å². The second kappa shape index (κ2) is 5.98. The third kappa shape index (κ3) is 2.66. The van der Waals surface area contributed by atoms with Crippen molar-refractivity contribution in [1.29, 1.82) is 0 Å². The van der Waals surface area contributed by atoms with E-state index in [0.717, 1.165) is 50.8 Å². The second-order valence-electron chi connectivity index (χ2n) is 7.51. The Balaban J connectivity index is 1.35. The number of fused-ring (bicyclic) bond motifs is 1. The minimum Gasteiger partial charge on any atom is -0.355 e. The van der Waals surface area contributed by atoms with E-state index in [1.807, 2.05) is 18.6 Å². The monoisotopic (exact) mass is 339 g/mol. The van der Waals surface area contributed by atoms with Gasteiger partial charge in [-0.1, -0.05) is 0 Å². The first-order valence-electron chi connectivity index (χ1n) is 9.41. The minimum absolute atomic E-state index is 0.256. The summed E-state index contributed by atoms with van der Waals surface area (Å²) >= 11 is 0. The van der Waals surface area contributed by atoms with Crippen LogP contribution in [0.5, 0.6) is 0 Å². The third-order valence-corrected chi connectivity index (χ3v) is 5.87. The van der Waals surface area contributed by atoms with Gasteiger partial charge in [-0.25, -0.2) is 9.97 Å². The normalized spacial score (nSPS) is 23.6. The molecule has 2 N–H and O–H groups in total. The van der Waals surface area contributed by atoms with Crippen LogP contribution < -0.4 is 15.5 Å². The van der Waals surface area contributed by atoms with E-state index in [0.29, 0.717) is 6.04 Å². The van der Waals surface area contributed by atoms with Gasteiger partial charge in [0.1, 0.15) is 5.82 Å². The van der Waals surface area contributed by atoms with E-state index >= 15 is 0 Å². The van der Waals surface area contributed by atoms with Gasteiger partial charge < -0.3 is 20.1 Å². The first kappa shape index (κ1) is 15.1. The molecule has 7 nitrogen and oxygen atoms in total. The number of nitrogens with two attached hydrogens (primary N) is 1. The van der Waals surface area contributed by atoms with E-state index in [-0.39, 0.29) is 6.04 Å². The van der Waals surface area contributed by atoms with Gasteiger partial charge in [0.05, 0.1) is 18.6 Å². The molecule has 1 saturated heterocycles. The van der Waals surface area contributed by atoms with Crippen molar-refractivity contribution in [2.45, 2.75) is 50.7 Å². The Morgan fingerprint density at radius 3 is 2.76 bits per heavy atom. The molecule has 4 heterocycles. The molecule has 2 aromatic rings. The lowest BCUT2D eigenvalue weighted by Gasteiger charge is -2.32. The van der Waals surface area contributed by atoms with Crippen molar-refractivity contribution in [3.8, 4) is 0 Å². The fraction of sp³-hybridized carbons (Fsp3) is 0.611. The fourth-order valence-electron chi connectivity index (χ4n) is 4.14. The molecule has 25 heavy (non-hydrogen) atoms. The van der Waals surface area contributed by atoms with E-state index in [9.17, 15) is 0 Å². The van der Waals surface area contributed by atoms with Crippen molar-refractivity contribution in [1.82, 2.24) is 19.5 Å². The molecule has 7 heteroatoms. The number of nitrogens with zero attached hydrogens (tertiary/aromatic N) is 6. The van der Waals surface area contributed by atoms with Gasteiger partial charge in [0.25, 0.3) is 0 Å². The van der Waals surface area contributed by atoms with Crippen molar-refractivity contribution >= 4 is 11.8 Å². The first-order chi connectivity index (χ1) is 12.3. The maximum Gasteiger partial charge on any atom is 0.227 e. The Labute approximate surface area is 147 Å². The molecule has 132 valence electrons. The number of rotatable bonds is 3. The quantitative estimate of drug-likeness (QED) is 0.913. The molecule has 2 aliphatic heterocycles. The lowest BCUT2D eigenvalue weighted by molar-refractivity contribution is 0.306. The predicted octanol–water partition coefficient (Wildman–Crippen LogP) is 1.50. The van der Waals surface area contributed by atoms with Gasteiger partial charge in [-0.05, 0) is 31.7 Å². The summed E-state index contributed by atoms with van der Waals surface area (Å²) < 4.78 is 2.42. The summed E-state index contributed by atoms with van der Waals surface area (Å²) in [6.07, 6.45) is 9.92. The van der Waals surface area contributed by atoms with Crippen LogP contribution in [0.4, 0.5) is 11.8 Å². The molecule has 2 aromatic heterocycles. The second-order valence-corrected chi connectivity index (χ2v) is 7.51. The van der Waals surface area contributed by atoms with Crippen LogP contribution in [0.2, 0.25) is 0 Å². The summed E-state index contributed by atoms with van der Waals surface area (Å²) in [7, 11) is 0. The van der Waals surface area contributed by atoms with E-state index in [4.69, 9.17) is 10.7 Å². The topological polar surface area (TPSA) is 76.1 Å². The molecule has 1 saturated carbocycles. The van der Waals surface area contributed by atoms with Crippen molar-refractivity contribution in [2.24, 2.45) is 5.73 Å². The molecule has 0 bridgehead atoms. The zero-order valence-electron chi connectivity index (χ0n) is 14.5. The molecule has 0 amide bonds. The Morgan fingerprint density at radius 2 is 2.00 bits per heavy atom. The smallest absolute Gasteiger partial charge is 0.227 e. The van der Waals surface area contributed by atoms with Gasteiger partial charge in [-0.2, -0.15) is 4.98 Å². The summed E-state index contributed by atoms with van der Waals surface area (Å²) in [6.45, 7) is 3.62. The Bertz CT molecular complexity index is 767. The average molecular weight is 339 g/mol. The Kier molecular flexibility index (Phi) is 3.62. The van der Waals surface area contributed by atoms with Crippen molar-refractivity contribution in [2.75, 3.05) is 29.4 Å². The molecule has 1 aliphatic carbocycles. The van der Waals surface area contributed by atoms with Crippen LogP contribution in [0.1, 0.15) is 43.1 Å². The summed E-state index contributed by atoms with van der Waals surface area (Å²) in [5.74, 6) is 1.80. The van der Waals surface area contributed by atoms with Crippen molar-refractivity contribution < 1.29 is 0 Å². The molecule has 0 radical (unpaired) electrons. The number of aromatic nitrogens is 4. The highest BCUT2D eigenvalue weighted by atomic mass is 15.3. The molecule has 0 aromatic carbocycles. The zero-order valence-corrected chi connectivity index (χ0v) is 14.5. The molecule has 1 unspecified atom stereocenters. The molecule has 2 fully saturated rings. The van der Waals surface area contributed by atoms with Crippen LogP contribution in [0, 0.1) is 0 Å². The maximum atomic E-state index is 6.03. The van der Waals surface area contributed by atoms with Gasteiger partial charge in [0, 0.05) is 50.0 Å². The van der Waals surface area contributed by atoms with E-state index in [2.05, 4.69) is 24.3 Å². The van der Waals surface area contributed by atoms with E-state index in [1.54, 1.807) is 0 Å². The van der Waals surface area contributed by atoms with Crippen LogP contribution in [0.3, 0.4) is 0 Å². The van der Waals surface area contributed by atoms with Crippen LogP contribution in [-0.4, -0.2) is 45.2 Å². The molecule has 5 rings (SSSR count). The van der Waals surface area contributed by atoms with Crippen LogP contribution in [0.15, 0.2) is 18.6 Å². The largest absolute Gasteiger partial charge is 0.355 e. The number of anilines is 2. The highest BCUT2D eigenvalue weighted by Crippen LogP contribution is 2.34. The minimum atomic E-state index is 0.256. The maximum absolute atomic E-state index is 6.03. The van der Waals surface area contributed by atoms with Gasteiger partial charge in [0.15, 0.2) is 0 Å². The van der Waals surface area contributed by atoms with Crippen LogP contribution in [0.25, 0.3) is 0 Å². The van der Waals surface area contributed by atoms with Gasteiger partial charge in [-0.15, -0.1) is 0 Å². The number of hydrogen-bond donors (Lipinski definition) is 1. The molecule has 3 aliphatic rings. The van der Waals surface area contributed by atoms with Gasteiger partial charge in [0.2, 0.25) is 5.95 Å². The summed E-state index contributed by atoms with van der Waals surface area (Å²) in [6, 6.07) is 2.93. The molecule has 1 atom stereocenters. The lowest BCUT2D eigenvalue weighted by atomic mass is 9.92. The average Bonchev–Trinajstić information content (AvgIpc) is 3.20. The standard InChI is InChI=1S/C18H25N7/c19-13-5-8-23(10-13)17-4-7-20-18(22-17)24-9-6-16-15(11-24)21-12-25(16)14-2-1-3-14/h4,7,12-14H,1-3,5-6,8-11,19H2. The summed E-state index contributed by atoms with van der Waals surface area (Å²) in [5.41, 5.74) is 8.64. The Hall–Kier alpha value is -2.15. The van der Waals surface area contributed by atoms with Crippen LogP contribution in [-0.2, 0) is 13.0 Å². The van der Waals surface area contributed by atoms with Crippen molar-refractivity contribution in [3.63, 3.8) is 0 Å². The Morgan fingerprint density at radius 1 is 1.08 bits per heavy atom. The SMILES string of the molecule is NC1CCN(c2ccnc(N3CCc4c(ncn4C4CCC4)C3)n2)C1. The number of imidazole rings is 1. The highest BCUT2D eigenvalue weighted by molar-refractivity contribution is 5.46. The predicted molar refractivity (Wildman–Crippen MR) is 96.7 cm³/mol. The molecule has 0 spiro atoms. The first-order valence-corrected chi connectivity index (χ1v) is 9.41. The van der Waals surface area contributed by atoms with Crippen molar-refractivity contribution in [3.05, 3.63) is 30.0 Å². The number of hydrogen-bond acceptors (Lipinski definition) is 6. The third-order valence-electron chi connectivity index (χ3n) is 5.87. The summed E-state index contributed by atoms with van der Waals surface area (Å²) in [5, 5.41) is 0. The molecular formula is C18H25N7. The van der Waals surface area contributed by atoms with Crippen LogP contribution >= 0.6 is 0 Å². The van der Waals surface area contributed by atoms with Gasteiger partial charge in [-0.3, -0.25) is 0 Å². The van der Waals surface area contributed by atoms with Gasteiger partial charge >= 0.3 is 0 Å². The lowest BCUT2D eigenvalue weighted by Crippen LogP contribution is -2.34.